The summed E-state index contributed by atoms with van der Waals surface area (Å²) in [5.41, 5.74) is -0.559. The number of carbonyl (C=O) groups excluding carboxylic acids is 1. The van der Waals surface area contributed by atoms with E-state index >= 15 is 4.39 Å². The number of halogens is 4. The summed E-state index contributed by atoms with van der Waals surface area (Å²) < 4.78 is 53.8. The number of anilines is 2. The third-order valence-electron chi connectivity index (χ3n) is 6.22. The van der Waals surface area contributed by atoms with Crippen LogP contribution in [0.3, 0.4) is 0 Å². The van der Waals surface area contributed by atoms with E-state index in [0.29, 0.717) is 30.2 Å². The molecule has 2 aromatic rings. The van der Waals surface area contributed by atoms with Crippen LogP contribution >= 0.6 is 0 Å². The van der Waals surface area contributed by atoms with Gasteiger partial charge in [-0.25, -0.2) is 25.2 Å². The Kier molecular flexibility index (Phi) is 6.79. The van der Waals surface area contributed by atoms with Crippen LogP contribution in [0.15, 0.2) is 41.8 Å². The molecule has 2 fully saturated rings. The molecule has 3 heterocycles. The smallest absolute Gasteiger partial charge is 0.354 e. The molecule has 0 spiro atoms. The summed E-state index contributed by atoms with van der Waals surface area (Å²) in [7, 11) is 0. The third kappa shape index (κ3) is 5.29. The molecule has 1 saturated carbocycles. The van der Waals surface area contributed by atoms with Crippen LogP contribution in [0.5, 0.6) is 0 Å². The van der Waals surface area contributed by atoms with Crippen molar-refractivity contribution in [2.45, 2.75) is 50.6 Å². The summed E-state index contributed by atoms with van der Waals surface area (Å²) in [5.74, 6) is 11.7. The molecule has 1 aliphatic carbocycles. The number of piperidine rings is 1. The van der Waals surface area contributed by atoms with Gasteiger partial charge in [0.2, 0.25) is 0 Å². The van der Waals surface area contributed by atoms with Gasteiger partial charge in [-0.05, 0) is 50.5 Å². The predicted molar refractivity (Wildman–Crippen MR) is 122 cm³/mol. The molecule has 9 nitrogen and oxygen atoms in total. The van der Waals surface area contributed by atoms with Crippen molar-refractivity contribution in [2.75, 3.05) is 23.0 Å². The molecule has 4 N–H and O–H groups in total. The van der Waals surface area contributed by atoms with Gasteiger partial charge < -0.3 is 15.6 Å². The average molecular weight is 494 g/mol. The first-order valence-corrected chi connectivity index (χ1v) is 11.1. The van der Waals surface area contributed by atoms with Crippen molar-refractivity contribution in [3.05, 3.63) is 47.8 Å². The first kappa shape index (κ1) is 24.6. The number of hydrogen-bond acceptors (Lipinski definition) is 7. The second kappa shape index (κ2) is 9.64. The van der Waals surface area contributed by atoms with Crippen molar-refractivity contribution in [1.82, 2.24) is 14.9 Å². The molecule has 2 atom stereocenters. The monoisotopic (exact) mass is 494 g/mol. The molecule has 13 heteroatoms. The first-order valence-electron chi connectivity index (χ1n) is 11.1. The summed E-state index contributed by atoms with van der Waals surface area (Å²) in [6.45, 7) is 1.89. The number of pyridine rings is 2. The van der Waals surface area contributed by atoms with Gasteiger partial charge in [0, 0.05) is 25.0 Å². The van der Waals surface area contributed by atoms with Crippen molar-refractivity contribution in [1.29, 1.82) is 0 Å². The number of hydrazone groups is 1. The van der Waals surface area contributed by atoms with Gasteiger partial charge >= 0.3 is 6.18 Å². The zero-order valence-electron chi connectivity index (χ0n) is 19.0. The van der Waals surface area contributed by atoms with Gasteiger partial charge in [0.15, 0.2) is 0 Å². The zero-order chi connectivity index (χ0) is 25.3. The lowest BCUT2D eigenvalue weighted by Crippen LogP contribution is -2.55. The van der Waals surface area contributed by atoms with Crippen molar-refractivity contribution >= 4 is 23.4 Å². The maximum Gasteiger partial charge on any atom is 0.417 e. The van der Waals surface area contributed by atoms with Crippen LogP contribution in [0.4, 0.5) is 29.2 Å². The number of hydrazine groups is 1. The fraction of sp³-hybridized carbons (Fsp3) is 0.455. The molecular formula is C22H26F4N8O. The van der Waals surface area contributed by atoms with Crippen molar-refractivity contribution in [3.63, 3.8) is 0 Å². The van der Waals surface area contributed by atoms with Gasteiger partial charge in [-0.2, -0.15) is 18.3 Å². The Hall–Kier alpha value is -3.48. The second-order valence-electron chi connectivity index (χ2n) is 8.62. The highest BCUT2D eigenvalue weighted by atomic mass is 19.4. The summed E-state index contributed by atoms with van der Waals surface area (Å²) in [6, 6.07) is 4.58. The van der Waals surface area contributed by atoms with Gasteiger partial charge in [0.25, 0.3) is 5.91 Å². The lowest BCUT2D eigenvalue weighted by Gasteiger charge is -2.41. The zero-order valence-corrected chi connectivity index (χ0v) is 19.0. The number of nitrogens with zero attached hydrogens (tertiary/aromatic N) is 6. The number of nitrogens with two attached hydrogens (primary N) is 2. The van der Waals surface area contributed by atoms with Gasteiger partial charge in [-0.15, -0.1) is 0 Å². The SMILES string of the molecule is C/C(=N/N)N(N)c1ccc(C(=O)N(C2CC2)[C@@H]2CCN(c3ccc(C(F)(F)F)cn3)CC2F)cn1. The molecule has 1 aliphatic heterocycles. The molecule has 35 heavy (non-hydrogen) atoms. The van der Waals surface area contributed by atoms with E-state index in [1.54, 1.807) is 28.9 Å². The maximum atomic E-state index is 15.4. The number of alkyl halides is 4. The normalized spacial score (nSPS) is 21.1. The third-order valence-corrected chi connectivity index (χ3v) is 6.22. The predicted octanol–water partition coefficient (Wildman–Crippen LogP) is 2.69. The molecule has 2 aromatic heterocycles. The molecule has 0 radical (unpaired) electrons. The van der Waals surface area contributed by atoms with Crippen LogP contribution < -0.4 is 21.6 Å². The minimum Gasteiger partial charge on any atom is -0.354 e. The first-order chi connectivity index (χ1) is 16.6. The molecule has 0 aromatic carbocycles. The van der Waals surface area contributed by atoms with Gasteiger partial charge in [0.1, 0.15) is 23.6 Å². The van der Waals surface area contributed by atoms with E-state index in [1.807, 2.05) is 0 Å². The fourth-order valence-corrected chi connectivity index (χ4v) is 4.13. The van der Waals surface area contributed by atoms with Crippen LogP contribution in [0.2, 0.25) is 0 Å². The van der Waals surface area contributed by atoms with Crippen molar-refractivity contribution < 1.29 is 22.4 Å². The molecule has 4 rings (SSSR count). The summed E-state index contributed by atoms with van der Waals surface area (Å²) in [5, 5.41) is 4.67. The Morgan fingerprint density at radius 1 is 1.14 bits per heavy atom. The number of carbonyl (C=O) groups is 1. The lowest BCUT2D eigenvalue weighted by molar-refractivity contribution is -0.137. The average Bonchev–Trinajstić information content (AvgIpc) is 3.69. The fourth-order valence-electron chi connectivity index (χ4n) is 4.13. The van der Waals surface area contributed by atoms with Crippen LogP contribution in [-0.4, -0.2) is 58.0 Å². The van der Waals surface area contributed by atoms with E-state index in [1.165, 1.54) is 17.3 Å². The lowest BCUT2D eigenvalue weighted by atomic mass is 9.99. The number of amidine groups is 1. The molecule has 1 saturated heterocycles. The minimum atomic E-state index is -4.49. The molecule has 0 bridgehead atoms. The molecular weight excluding hydrogens is 468 g/mol. The minimum absolute atomic E-state index is 0.0567. The summed E-state index contributed by atoms with van der Waals surface area (Å²) in [6.07, 6.45) is -1.87. The number of aromatic nitrogens is 2. The molecule has 2 aliphatic rings. The Morgan fingerprint density at radius 2 is 1.89 bits per heavy atom. The Balaban J connectivity index is 1.46. The van der Waals surface area contributed by atoms with Crippen LogP contribution in [0.1, 0.15) is 42.1 Å². The largest absolute Gasteiger partial charge is 0.417 e. The van der Waals surface area contributed by atoms with E-state index in [2.05, 4.69) is 15.1 Å². The second-order valence-corrected chi connectivity index (χ2v) is 8.62. The van der Waals surface area contributed by atoms with Crippen molar-refractivity contribution in [2.24, 2.45) is 16.8 Å². The van der Waals surface area contributed by atoms with Gasteiger partial charge in [0.05, 0.1) is 23.7 Å². The highest BCUT2D eigenvalue weighted by Gasteiger charge is 2.43. The highest BCUT2D eigenvalue weighted by Crippen LogP contribution is 2.35. The Bertz CT molecular complexity index is 1070. The quantitative estimate of drug-likeness (QED) is 0.216. The van der Waals surface area contributed by atoms with Crippen LogP contribution in [-0.2, 0) is 6.18 Å². The van der Waals surface area contributed by atoms with Crippen molar-refractivity contribution in [3.8, 4) is 0 Å². The Morgan fingerprint density at radius 3 is 2.40 bits per heavy atom. The van der Waals surface area contributed by atoms with E-state index in [9.17, 15) is 18.0 Å². The van der Waals surface area contributed by atoms with Gasteiger partial charge in [-0.1, -0.05) is 0 Å². The standard InChI is InChI=1S/C22H26F4N8O/c1-13(31-27)34(28)20-6-2-14(10-29-20)21(35)33(16-4-5-16)18-8-9-32(12-17(18)23)19-7-3-15(11-30-19)22(24,25)26/h2-3,6-7,10-11,16-18H,4-5,8-9,12,27-28H2,1H3/b31-13-/t17?,18-/m1/s1. The number of hydrogen-bond donors (Lipinski definition) is 2. The van der Waals surface area contributed by atoms with E-state index in [-0.39, 0.29) is 24.3 Å². The molecule has 188 valence electrons. The number of rotatable bonds is 5. The maximum absolute atomic E-state index is 15.4. The van der Waals surface area contributed by atoms with Crippen LogP contribution in [0.25, 0.3) is 0 Å². The van der Waals surface area contributed by atoms with E-state index in [4.69, 9.17) is 11.7 Å². The topological polar surface area (TPSA) is 117 Å². The highest BCUT2D eigenvalue weighted by molar-refractivity contribution is 5.96. The molecule has 1 amide bonds. The van der Waals surface area contributed by atoms with Crippen LogP contribution in [0, 0.1) is 0 Å². The van der Waals surface area contributed by atoms with E-state index < -0.39 is 24.0 Å². The summed E-state index contributed by atoms with van der Waals surface area (Å²) in [4.78, 5) is 24.6. The molecule has 1 unspecified atom stereocenters. The van der Waals surface area contributed by atoms with Gasteiger partial charge in [-0.3, -0.25) is 4.79 Å². The summed E-state index contributed by atoms with van der Waals surface area (Å²) >= 11 is 0. The Labute approximate surface area is 199 Å². The number of amides is 1. The van der Waals surface area contributed by atoms with E-state index in [0.717, 1.165) is 25.1 Å².